The molecule has 0 radical (unpaired) electrons. The molecular weight excluding hydrogens is 200 g/mol. The van der Waals surface area contributed by atoms with Crippen LogP contribution in [0.5, 0.6) is 0 Å². The molecule has 68 valence electrons. The van der Waals surface area contributed by atoms with Crippen molar-refractivity contribution in [3.05, 3.63) is 60.7 Å². The first-order valence-electron chi connectivity index (χ1n) is 3.33. The maximum atomic E-state index is 2.00. The maximum absolute atomic E-state index is 2.00. The molecule has 12 heavy (non-hydrogen) atoms. The van der Waals surface area contributed by atoms with E-state index in [1.807, 2.05) is 60.7 Å². The summed E-state index contributed by atoms with van der Waals surface area (Å²) in [5.74, 6) is 0. The van der Waals surface area contributed by atoms with Crippen molar-refractivity contribution in [2.24, 2.45) is 0 Å². The molecule has 2 rings (SSSR count). The van der Waals surface area contributed by atoms with Gasteiger partial charge in [0.1, 0.15) is 0 Å². The Bertz CT molecular complexity index is 157. The van der Waals surface area contributed by atoms with Gasteiger partial charge in [-0.15, -0.1) is 0 Å². The van der Waals surface area contributed by atoms with Gasteiger partial charge >= 0.3 is 23.1 Å². The summed E-state index contributed by atoms with van der Waals surface area (Å²) in [6.45, 7) is 0. The van der Waals surface area contributed by atoms with Crippen molar-refractivity contribution in [2.75, 3.05) is 0 Å². The minimum absolute atomic E-state index is 0. The second-order valence-corrected chi connectivity index (χ2v) is 1.92. The van der Waals surface area contributed by atoms with Crippen LogP contribution in [-0.4, -0.2) is 23.1 Å². The fourth-order valence-corrected chi connectivity index (χ4v) is 0.642. The summed E-state index contributed by atoms with van der Waals surface area (Å²) in [6, 6.07) is 20.0. The first kappa shape index (κ1) is 14.5. The molecule has 2 heteroatoms. The van der Waals surface area contributed by atoms with E-state index in [-0.39, 0.29) is 43.0 Å². The SMILES string of the molecule is [Fe].[H-].[H-].[Mg+2].[cH-]1[cH-][cH-][cH-][cH-]1.c1cc[cH-]c1. The van der Waals surface area contributed by atoms with E-state index in [1.54, 1.807) is 0 Å². The second-order valence-electron chi connectivity index (χ2n) is 1.92. The summed E-state index contributed by atoms with van der Waals surface area (Å²) in [4.78, 5) is 0. The van der Waals surface area contributed by atoms with Gasteiger partial charge in [0.2, 0.25) is 0 Å². The third-order valence-electron chi connectivity index (χ3n) is 1.11. The zero-order valence-corrected chi connectivity index (χ0v) is 9.35. The molecule has 0 bridgehead atoms. The average molecular weight is 212 g/mol. The van der Waals surface area contributed by atoms with Crippen molar-refractivity contribution in [2.45, 2.75) is 0 Å². The van der Waals surface area contributed by atoms with Gasteiger partial charge < -0.3 is 33.2 Å². The first-order valence-corrected chi connectivity index (χ1v) is 3.33. The van der Waals surface area contributed by atoms with E-state index in [9.17, 15) is 0 Å². The molecule has 0 aliphatic carbocycles. The Morgan fingerprint density at radius 1 is 0.750 bits per heavy atom. The fraction of sp³-hybridized carbons (Fsp3) is 0. The standard InChI is InChI=1S/2C5H5.Fe.Mg.2H/c2*1-2-4-5-3-1;;;;/h2*1-5H;;;;/q-5;-1;;+2;2*-1. The molecule has 0 unspecified atom stereocenters. The maximum Gasteiger partial charge on any atom is 2.00 e. The Kier molecular flexibility index (Phi) is 13.3. The van der Waals surface area contributed by atoms with E-state index >= 15 is 0 Å². The molecule has 0 saturated carbocycles. The molecule has 0 atom stereocenters. The van der Waals surface area contributed by atoms with Crippen LogP contribution in [0.2, 0.25) is 0 Å². The van der Waals surface area contributed by atoms with Gasteiger partial charge in [0.05, 0.1) is 0 Å². The zero-order chi connectivity index (χ0) is 7.07. The summed E-state index contributed by atoms with van der Waals surface area (Å²) >= 11 is 0. The van der Waals surface area contributed by atoms with Gasteiger partial charge in [-0.2, -0.15) is 18.2 Å². The second kappa shape index (κ2) is 11.0. The van der Waals surface area contributed by atoms with Crippen LogP contribution >= 0.6 is 0 Å². The first-order chi connectivity index (χ1) is 5.00. The van der Waals surface area contributed by atoms with E-state index in [4.69, 9.17) is 0 Å². The molecule has 0 heterocycles. The summed E-state index contributed by atoms with van der Waals surface area (Å²) in [7, 11) is 0. The number of rotatable bonds is 0. The molecule has 0 nitrogen and oxygen atoms in total. The van der Waals surface area contributed by atoms with Crippen molar-refractivity contribution >= 4 is 23.1 Å². The zero-order valence-electron chi connectivity index (χ0n) is 8.83. The summed E-state index contributed by atoms with van der Waals surface area (Å²) < 4.78 is 0. The van der Waals surface area contributed by atoms with Crippen molar-refractivity contribution in [3.63, 3.8) is 0 Å². The molecule has 0 fully saturated rings. The molecule has 0 saturated heterocycles. The van der Waals surface area contributed by atoms with Crippen molar-refractivity contribution in [3.8, 4) is 0 Å². The van der Waals surface area contributed by atoms with Gasteiger partial charge in [-0.05, 0) is 0 Å². The van der Waals surface area contributed by atoms with Gasteiger partial charge in [-0.25, -0.2) is 12.1 Å². The average Bonchev–Trinajstić information content (AvgIpc) is 2.67. The van der Waals surface area contributed by atoms with Gasteiger partial charge in [-0.1, -0.05) is 0 Å². The van der Waals surface area contributed by atoms with Crippen molar-refractivity contribution in [1.29, 1.82) is 0 Å². The van der Waals surface area contributed by atoms with Crippen LogP contribution in [0.3, 0.4) is 0 Å². The molecule has 0 spiro atoms. The fourth-order valence-electron chi connectivity index (χ4n) is 0.642. The predicted molar refractivity (Wildman–Crippen MR) is 52.0 cm³/mol. The summed E-state index contributed by atoms with van der Waals surface area (Å²) in [5.41, 5.74) is 0. The Morgan fingerprint density at radius 3 is 1.25 bits per heavy atom. The van der Waals surface area contributed by atoms with Crippen LogP contribution in [0, 0.1) is 0 Å². The van der Waals surface area contributed by atoms with Crippen LogP contribution < -0.4 is 0 Å². The van der Waals surface area contributed by atoms with Gasteiger partial charge in [-0.3, -0.25) is 0 Å². The summed E-state index contributed by atoms with van der Waals surface area (Å²) in [5, 5.41) is 0. The Labute approximate surface area is 103 Å². The normalized spacial score (nSPS) is 6.67. The van der Waals surface area contributed by atoms with E-state index in [1.165, 1.54) is 0 Å². The predicted octanol–water partition coefficient (Wildman–Crippen LogP) is 2.65. The molecule has 0 amide bonds. The third-order valence-corrected chi connectivity index (χ3v) is 1.11. The molecular formula is C10H12FeMg-6. The topological polar surface area (TPSA) is 0 Å². The summed E-state index contributed by atoms with van der Waals surface area (Å²) in [6.07, 6.45) is 0. The molecule has 0 aliphatic rings. The number of hydrogen-bond acceptors (Lipinski definition) is 0. The van der Waals surface area contributed by atoms with E-state index < -0.39 is 0 Å². The van der Waals surface area contributed by atoms with Crippen molar-refractivity contribution < 1.29 is 19.9 Å². The monoisotopic (exact) mass is 212 g/mol. The van der Waals surface area contributed by atoms with Crippen LogP contribution in [-0.2, 0) is 17.1 Å². The van der Waals surface area contributed by atoms with Gasteiger partial charge in [0, 0.05) is 17.1 Å². The van der Waals surface area contributed by atoms with Crippen LogP contribution in [0.4, 0.5) is 0 Å². The third kappa shape index (κ3) is 8.09. The van der Waals surface area contributed by atoms with Gasteiger partial charge in [0.25, 0.3) is 0 Å². The van der Waals surface area contributed by atoms with Crippen molar-refractivity contribution in [1.82, 2.24) is 0 Å². The number of hydrogen-bond donors (Lipinski definition) is 0. The minimum Gasteiger partial charge on any atom is -1.00 e. The molecule has 0 aliphatic heterocycles. The quantitative estimate of drug-likeness (QED) is 0.465. The van der Waals surface area contributed by atoms with E-state index in [0.29, 0.717) is 0 Å². The Morgan fingerprint density at radius 2 is 1.08 bits per heavy atom. The van der Waals surface area contributed by atoms with E-state index in [0.717, 1.165) is 0 Å². The Balaban J connectivity index is -0.0000000556. The molecule has 0 N–H and O–H groups in total. The molecule has 2 aromatic carbocycles. The minimum atomic E-state index is 0. The molecule has 0 aromatic heterocycles. The Hall–Kier alpha value is -0.0143. The smallest absolute Gasteiger partial charge is 1.00 e. The van der Waals surface area contributed by atoms with Crippen LogP contribution in [0.1, 0.15) is 2.85 Å². The van der Waals surface area contributed by atoms with Crippen LogP contribution in [0.15, 0.2) is 60.7 Å². The van der Waals surface area contributed by atoms with E-state index in [2.05, 4.69) is 0 Å². The van der Waals surface area contributed by atoms with Gasteiger partial charge in [0.15, 0.2) is 0 Å². The largest absolute Gasteiger partial charge is 2.00 e. The van der Waals surface area contributed by atoms with Crippen LogP contribution in [0.25, 0.3) is 0 Å². The molecule has 2 aromatic rings.